The van der Waals surface area contributed by atoms with Gasteiger partial charge in [-0.1, -0.05) is 12.1 Å². The van der Waals surface area contributed by atoms with Crippen LogP contribution in [0.15, 0.2) is 60.7 Å². The Bertz CT molecular complexity index is 1410. The van der Waals surface area contributed by atoms with Crippen molar-refractivity contribution in [3.05, 3.63) is 82.9 Å². The van der Waals surface area contributed by atoms with E-state index in [0.29, 0.717) is 30.5 Å². The minimum Gasteiger partial charge on any atom is -0.492 e. The highest BCUT2D eigenvalue weighted by atomic mass is 16.5. The van der Waals surface area contributed by atoms with Gasteiger partial charge in [0.25, 0.3) is 5.91 Å². The van der Waals surface area contributed by atoms with E-state index in [-0.39, 0.29) is 6.61 Å². The zero-order valence-electron chi connectivity index (χ0n) is 22.8. The first-order valence-electron chi connectivity index (χ1n) is 12.5. The average Bonchev–Trinajstić information content (AvgIpc) is 2.86. The number of hydrogen-bond donors (Lipinski definition) is 4. The fourth-order valence-electron chi connectivity index (χ4n) is 4.33. The molecule has 39 heavy (non-hydrogen) atoms. The number of amides is 1. The van der Waals surface area contributed by atoms with Crippen LogP contribution in [0.3, 0.4) is 0 Å². The van der Waals surface area contributed by atoms with Crippen LogP contribution in [0.25, 0.3) is 22.5 Å². The first-order chi connectivity index (χ1) is 18.6. The molecule has 2 aromatic carbocycles. The second kappa shape index (κ2) is 13.3. The summed E-state index contributed by atoms with van der Waals surface area (Å²) >= 11 is 0. The van der Waals surface area contributed by atoms with Crippen molar-refractivity contribution in [1.29, 1.82) is 0 Å². The molecule has 2 heterocycles. The number of carbonyl (C=O) groups excluding carboxylic acids is 1. The standard InChI is InChI=1S/C15H17N3O2.C15H19N3O/c1-9-6-11(20-8-14(17)19)7-10(2)15(9)12-4-3-5-13(16)18-12;1-10-8-12(19-7-6-16)9-11(2)15(10)13-4-3-5-14(17)18-13/h3-7H,8H2,1-2H3,(H2,16,18)(H2,17,19);3-5,8-9H,6-7,16H2,1-2H3,(H2,17,18). The second-order valence-corrected chi connectivity index (χ2v) is 9.15. The maximum Gasteiger partial charge on any atom is 0.255 e. The third-order valence-corrected chi connectivity index (χ3v) is 5.83. The topological polar surface area (TPSA) is 165 Å². The Balaban J connectivity index is 0.000000216. The van der Waals surface area contributed by atoms with Gasteiger partial charge in [0.05, 0.1) is 11.4 Å². The summed E-state index contributed by atoms with van der Waals surface area (Å²) in [5, 5.41) is 0. The van der Waals surface area contributed by atoms with E-state index >= 15 is 0 Å². The van der Waals surface area contributed by atoms with E-state index < -0.39 is 5.91 Å². The molecule has 0 aliphatic carbocycles. The Kier molecular flexibility index (Phi) is 9.83. The number of nitrogens with zero attached hydrogens (tertiary/aromatic N) is 2. The summed E-state index contributed by atoms with van der Waals surface area (Å²) in [5.74, 6) is 1.97. The van der Waals surface area contributed by atoms with Gasteiger partial charge in [0.15, 0.2) is 6.61 Å². The molecule has 0 atom stereocenters. The number of anilines is 2. The van der Waals surface area contributed by atoms with Crippen molar-refractivity contribution in [1.82, 2.24) is 9.97 Å². The Morgan fingerprint density at radius 2 is 1.13 bits per heavy atom. The van der Waals surface area contributed by atoms with Crippen molar-refractivity contribution in [2.45, 2.75) is 27.7 Å². The first kappa shape index (κ1) is 28.9. The molecule has 8 N–H and O–H groups in total. The summed E-state index contributed by atoms with van der Waals surface area (Å²) in [5.41, 5.74) is 30.0. The van der Waals surface area contributed by atoms with Gasteiger partial charge >= 0.3 is 0 Å². The number of ether oxygens (including phenoxy) is 2. The van der Waals surface area contributed by atoms with Crippen molar-refractivity contribution in [2.24, 2.45) is 11.5 Å². The molecule has 0 aliphatic heterocycles. The summed E-state index contributed by atoms with van der Waals surface area (Å²) in [4.78, 5) is 19.4. The fraction of sp³-hybridized carbons (Fsp3) is 0.233. The number of rotatable bonds is 8. The molecule has 0 saturated carbocycles. The molecule has 204 valence electrons. The lowest BCUT2D eigenvalue weighted by Gasteiger charge is -2.13. The number of primary amides is 1. The number of benzene rings is 2. The minimum absolute atomic E-state index is 0.130. The van der Waals surface area contributed by atoms with E-state index in [1.807, 2.05) is 76.2 Å². The van der Waals surface area contributed by atoms with Crippen molar-refractivity contribution in [3.8, 4) is 34.0 Å². The smallest absolute Gasteiger partial charge is 0.255 e. The summed E-state index contributed by atoms with van der Waals surface area (Å²) in [7, 11) is 0. The van der Waals surface area contributed by atoms with Gasteiger partial charge in [-0.15, -0.1) is 0 Å². The molecule has 0 spiro atoms. The number of carbonyl (C=O) groups is 1. The van der Waals surface area contributed by atoms with Gasteiger partial charge in [0, 0.05) is 17.7 Å². The molecular weight excluding hydrogens is 492 g/mol. The van der Waals surface area contributed by atoms with Crippen LogP contribution in [0.2, 0.25) is 0 Å². The third-order valence-electron chi connectivity index (χ3n) is 5.83. The predicted molar refractivity (Wildman–Crippen MR) is 156 cm³/mol. The molecule has 0 saturated heterocycles. The van der Waals surface area contributed by atoms with Crippen LogP contribution < -0.4 is 32.4 Å². The Labute approximate surface area is 229 Å². The Morgan fingerprint density at radius 1 is 0.718 bits per heavy atom. The summed E-state index contributed by atoms with van der Waals surface area (Å²) in [6, 6.07) is 18.9. The average molecular weight is 529 g/mol. The molecule has 0 unspecified atom stereocenters. The lowest BCUT2D eigenvalue weighted by molar-refractivity contribution is -0.119. The number of aryl methyl sites for hydroxylation is 4. The summed E-state index contributed by atoms with van der Waals surface area (Å²) < 4.78 is 10.9. The van der Waals surface area contributed by atoms with Crippen molar-refractivity contribution in [2.75, 3.05) is 31.2 Å². The SMILES string of the molecule is Cc1cc(OCC(N)=O)cc(C)c1-c1cccc(N)n1.Cc1cc(OCCN)cc(C)c1-c1cccc(N)n1. The quantitative estimate of drug-likeness (QED) is 0.265. The van der Waals surface area contributed by atoms with Gasteiger partial charge in [-0.25, -0.2) is 9.97 Å². The number of nitrogens with two attached hydrogens (primary N) is 4. The summed E-state index contributed by atoms with van der Waals surface area (Å²) in [6.45, 7) is 8.92. The highest BCUT2D eigenvalue weighted by Gasteiger charge is 2.11. The maximum atomic E-state index is 10.7. The highest BCUT2D eigenvalue weighted by Crippen LogP contribution is 2.31. The van der Waals surface area contributed by atoms with Crippen LogP contribution in [0.4, 0.5) is 11.6 Å². The van der Waals surface area contributed by atoms with Crippen molar-refractivity contribution >= 4 is 17.5 Å². The maximum absolute atomic E-state index is 10.7. The van der Waals surface area contributed by atoms with Gasteiger partial charge < -0.3 is 32.4 Å². The zero-order chi connectivity index (χ0) is 28.5. The van der Waals surface area contributed by atoms with Gasteiger partial charge in [-0.05, 0) is 98.5 Å². The van der Waals surface area contributed by atoms with E-state index in [9.17, 15) is 4.79 Å². The van der Waals surface area contributed by atoms with Gasteiger partial charge in [0.2, 0.25) is 0 Å². The number of hydrogen-bond acceptors (Lipinski definition) is 8. The van der Waals surface area contributed by atoms with E-state index in [0.717, 1.165) is 50.5 Å². The number of aromatic nitrogens is 2. The lowest BCUT2D eigenvalue weighted by Crippen LogP contribution is -2.20. The van der Waals surface area contributed by atoms with Crippen molar-refractivity contribution in [3.63, 3.8) is 0 Å². The van der Waals surface area contributed by atoms with Crippen molar-refractivity contribution < 1.29 is 14.3 Å². The van der Waals surface area contributed by atoms with Crippen LogP contribution in [0.1, 0.15) is 22.3 Å². The van der Waals surface area contributed by atoms with E-state index in [1.54, 1.807) is 12.1 Å². The highest BCUT2D eigenvalue weighted by molar-refractivity contribution is 5.75. The predicted octanol–water partition coefficient (Wildman–Crippen LogP) is 4.10. The number of nitrogen functional groups attached to an aromatic ring is 2. The molecule has 0 aliphatic rings. The molecule has 4 rings (SSSR count). The lowest BCUT2D eigenvalue weighted by atomic mass is 9.99. The Hall–Kier alpha value is -4.63. The molecule has 1 amide bonds. The van der Waals surface area contributed by atoms with Crippen LogP contribution >= 0.6 is 0 Å². The fourth-order valence-corrected chi connectivity index (χ4v) is 4.33. The van der Waals surface area contributed by atoms with Crippen LogP contribution in [-0.4, -0.2) is 35.6 Å². The van der Waals surface area contributed by atoms with E-state index in [2.05, 4.69) is 9.97 Å². The molecule has 0 fully saturated rings. The Morgan fingerprint density at radius 3 is 1.49 bits per heavy atom. The molecule has 9 heteroatoms. The third kappa shape index (κ3) is 7.93. The van der Waals surface area contributed by atoms with Crippen LogP contribution in [0, 0.1) is 27.7 Å². The van der Waals surface area contributed by atoms with E-state index in [1.165, 1.54) is 0 Å². The normalized spacial score (nSPS) is 10.4. The van der Waals surface area contributed by atoms with Crippen LogP contribution in [0.5, 0.6) is 11.5 Å². The van der Waals surface area contributed by atoms with Gasteiger partial charge in [0.1, 0.15) is 29.7 Å². The minimum atomic E-state index is -0.498. The number of pyridine rings is 2. The molecule has 0 radical (unpaired) electrons. The molecule has 4 aromatic rings. The molecule has 2 aromatic heterocycles. The van der Waals surface area contributed by atoms with Gasteiger partial charge in [-0.3, -0.25) is 4.79 Å². The van der Waals surface area contributed by atoms with E-state index in [4.69, 9.17) is 32.4 Å². The monoisotopic (exact) mass is 528 g/mol. The second-order valence-electron chi connectivity index (χ2n) is 9.15. The molecular formula is C30H36N6O3. The van der Waals surface area contributed by atoms with Crippen LogP contribution in [-0.2, 0) is 4.79 Å². The summed E-state index contributed by atoms with van der Waals surface area (Å²) in [6.07, 6.45) is 0. The first-order valence-corrected chi connectivity index (χ1v) is 12.5. The largest absolute Gasteiger partial charge is 0.492 e. The molecule has 9 nitrogen and oxygen atoms in total. The molecule has 0 bridgehead atoms. The zero-order valence-corrected chi connectivity index (χ0v) is 22.8. The van der Waals surface area contributed by atoms with Gasteiger partial charge in [-0.2, -0.15) is 0 Å².